The van der Waals surface area contributed by atoms with E-state index in [0.717, 1.165) is 22.7 Å². The molecule has 0 bridgehead atoms. The summed E-state index contributed by atoms with van der Waals surface area (Å²) in [6.07, 6.45) is -5.81. The van der Waals surface area contributed by atoms with Crippen LogP contribution in [0.25, 0.3) is 10.9 Å². The van der Waals surface area contributed by atoms with Gasteiger partial charge in [-0.05, 0) is 17.5 Å². The summed E-state index contributed by atoms with van der Waals surface area (Å²) in [6, 6.07) is 9.19. The van der Waals surface area contributed by atoms with Crippen LogP contribution >= 0.6 is 11.8 Å². The summed E-state index contributed by atoms with van der Waals surface area (Å²) < 4.78 is 40.1. The van der Waals surface area contributed by atoms with Crippen molar-refractivity contribution in [1.82, 2.24) is 4.98 Å². The Hall–Kier alpha value is -1.71. The van der Waals surface area contributed by atoms with Crippen molar-refractivity contribution >= 4 is 38.1 Å². The van der Waals surface area contributed by atoms with Crippen molar-refractivity contribution in [2.24, 2.45) is 5.16 Å². The highest BCUT2D eigenvalue weighted by atomic mass is 32.3. The smallest absolute Gasteiger partial charge is 0.394 e. The predicted molar refractivity (Wildman–Crippen MR) is 103 cm³/mol. The zero-order chi connectivity index (χ0) is 21.2. The molecule has 0 saturated carbocycles. The quantitative estimate of drug-likeness (QED) is 0.144. The average molecular weight is 448 g/mol. The number of aromatic nitrogens is 1. The Labute approximate surface area is 169 Å². The molecule has 1 aromatic heterocycles. The van der Waals surface area contributed by atoms with Crippen LogP contribution in [-0.2, 0) is 25.8 Å². The van der Waals surface area contributed by atoms with Crippen molar-refractivity contribution in [3.63, 3.8) is 0 Å². The lowest BCUT2D eigenvalue weighted by Gasteiger charge is -2.39. The maximum atomic E-state index is 10.9. The molecule has 1 aliphatic heterocycles. The van der Waals surface area contributed by atoms with Gasteiger partial charge in [0.1, 0.15) is 34.9 Å². The highest BCUT2D eigenvalue weighted by molar-refractivity contribution is 8.14. The van der Waals surface area contributed by atoms with Gasteiger partial charge >= 0.3 is 10.4 Å². The van der Waals surface area contributed by atoms with Gasteiger partial charge in [-0.25, -0.2) is 4.28 Å². The third kappa shape index (κ3) is 5.46. The Morgan fingerprint density at radius 3 is 2.59 bits per heavy atom. The van der Waals surface area contributed by atoms with E-state index in [2.05, 4.69) is 14.4 Å². The minimum atomic E-state index is -4.87. The van der Waals surface area contributed by atoms with Crippen LogP contribution in [0.2, 0.25) is 0 Å². The van der Waals surface area contributed by atoms with Gasteiger partial charge in [0.25, 0.3) is 0 Å². The first-order valence-corrected chi connectivity index (χ1v) is 10.7. The molecule has 0 radical (unpaired) electrons. The summed E-state index contributed by atoms with van der Waals surface area (Å²) in [5, 5.41) is 43.5. The standard InChI is InChI=1S/C16H20N2O9S2/c19-7-11-13(20)14(21)15(22)16(26-11)28-12(18-27-29(23,24)25)6-9-5-8-3-1-2-4-10(8)17-9/h1-5,11,13-17,19-22H,6-7H2,(H,23,24,25). The van der Waals surface area contributed by atoms with Gasteiger partial charge in [-0.15, -0.1) is 0 Å². The number of oxime groups is 1. The molecule has 6 N–H and O–H groups in total. The minimum Gasteiger partial charge on any atom is -0.394 e. The van der Waals surface area contributed by atoms with E-state index in [9.17, 15) is 28.8 Å². The van der Waals surface area contributed by atoms with E-state index in [-0.39, 0.29) is 11.5 Å². The zero-order valence-electron chi connectivity index (χ0n) is 14.8. The lowest BCUT2D eigenvalue weighted by atomic mass is 10.0. The number of para-hydroxylation sites is 1. The van der Waals surface area contributed by atoms with Crippen molar-refractivity contribution < 1.29 is 42.4 Å². The second-order valence-corrected chi connectivity index (χ2v) is 8.54. The molecule has 1 aromatic carbocycles. The van der Waals surface area contributed by atoms with Crippen LogP contribution in [-0.4, -0.2) is 79.9 Å². The van der Waals surface area contributed by atoms with Crippen LogP contribution in [0, 0.1) is 0 Å². The molecule has 13 heteroatoms. The maximum Gasteiger partial charge on any atom is 0.466 e. The lowest BCUT2D eigenvalue weighted by molar-refractivity contribution is -0.205. The number of nitrogens with one attached hydrogen (secondary N) is 1. The first kappa shape index (κ1) is 22.0. The van der Waals surface area contributed by atoms with Gasteiger partial charge in [0, 0.05) is 17.6 Å². The second-order valence-electron chi connectivity index (χ2n) is 6.36. The third-order valence-corrected chi connectivity index (χ3v) is 5.64. The van der Waals surface area contributed by atoms with Gasteiger partial charge in [0.05, 0.1) is 6.61 Å². The Balaban J connectivity index is 1.83. The number of aliphatic hydroxyl groups excluding tert-OH is 4. The van der Waals surface area contributed by atoms with E-state index in [4.69, 9.17) is 9.29 Å². The van der Waals surface area contributed by atoms with E-state index >= 15 is 0 Å². The van der Waals surface area contributed by atoms with Gasteiger partial charge in [0.15, 0.2) is 0 Å². The molecule has 160 valence electrons. The van der Waals surface area contributed by atoms with Crippen LogP contribution in [0.15, 0.2) is 35.5 Å². The zero-order valence-corrected chi connectivity index (χ0v) is 16.5. The lowest BCUT2D eigenvalue weighted by Crippen LogP contribution is -2.57. The molecule has 0 aliphatic carbocycles. The van der Waals surface area contributed by atoms with E-state index in [0.29, 0.717) is 5.69 Å². The largest absolute Gasteiger partial charge is 0.466 e. The first-order valence-electron chi connectivity index (χ1n) is 8.44. The molecule has 0 amide bonds. The van der Waals surface area contributed by atoms with Crippen molar-refractivity contribution in [3.05, 3.63) is 36.0 Å². The molecule has 5 atom stereocenters. The Kier molecular flexibility index (Phi) is 6.80. The van der Waals surface area contributed by atoms with Crippen molar-refractivity contribution in [1.29, 1.82) is 0 Å². The monoisotopic (exact) mass is 448 g/mol. The number of hydrogen-bond acceptors (Lipinski definition) is 10. The van der Waals surface area contributed by atoms with E-state index in [1.54, 1.807) is 6.07 Å². The molecule has 1 fully saturated rings. The molecule has 1 aliphatic rings. The van der Waals surface area contributed by atoms with Crippen LogP contribution < -0.4 is 0 Å². The van der Waals surface area contributed by atoms with Crippen molar-refractivity contribution in [2.75, 3.05) is 6.61 Å². The number of aromatic amines is 1. The normalized spacial score (nSPS) is 28.6. The van der Waals surface area contributed by atoms with Gasteiger partial charge in [0.2, 0.25) is 0 Å². The molecule has 2 heterocycles. The Morgan fingerprint density at radius 2 is 1.93 bits per heavy atom. The SMILES string of the molecule is O=S(=O)(O)ON=C(Cc1cc2ccccc2[nH]1)SC1OC(CO)C(O)C(O)C1O. The Bertz CT molecular complexity index is 943. The fourth-order valence-corrected chi connectivity index (χ4v) is 4.19. The van der Waals surface area contributed by atoms with E-state index < -0.39 is 46.9 Å². The third-order valence-electron chi connectivity index (χ3n) is 4.26. The number of aliphatic hydroxyl groups is 4. The second kappa shape index (κ2) is 8.97. The number of nitrogens with zero attached hydrogens (tertiary/aromatic N) is 1. The summed E-state index contributed by atoms with van der Waals surface area (Å²) >= 11 is 0.719. The van der Waals surface area contributed by atoms with Gasteiger partial charge < -0.3 is 30.1 Å². The summed E-state index contributed by atoms with van der Waals surface area (Å²) in [5.41, 5.74) is 0.259. The van der Waals surface area contributed by atoms with Gasteiger partial charge in [-0.2, -0.15) is 8.42 Å². The fourth-order valence-electron chi connectivity index (χ4n) is 2.87. The van der Waals surface area contributed by atoms with Crippen LogP contribution in [0.3, 0.4) is 0 Å². The van der Waals surface area contributed by atoms with E-state index in [1.807, 2.05) is 24.3 Å². The molecule has 1 saturated heterocycles. The van der Waals surface area contributed by atoms with Gasteiger partial charge in [-0.3, -0.25) is 4.55 Å². The summed E-state index contributed by atoms with van der Waals surface area (Å²) in [7, 11) is -4.87. The summed E-state index contributed by atoms with van der Waals surface area (Å²) in [5.74, 6) is 0. The summed E-state index contributed by atoms with van der Waals surface area (Å²) in [4.78, 5) is 3.11. The fraction of sp³-hybridized carbons (Fsp3) is 0.438. The maximum absolute atomic E-state index is 10.9. The predicted octanol–water partition coefficient (Wildman–Crippen LogP) is -0.624. The Morgan fingerprint density at radius 1 is 1.21 bits per heavy atom. The van der Waals surface area contributed by atoms with E-state index in [1.165, 1.54) is 0 Å². The molecular weight excluding hydrogens is 428 g/mol. The van der Waals surface area contributed by atoms with Crippen molar-refractivity contribution in [3.8, 4) is 0 Å². The number of H-pyrrole nitrogens is 1. The molecular formula is C16H20N2O9S2. The average Bonchev–Trinajstić information content (AvgIpc) is 3.08. The minimum absolute atomic E-state index is 0.0153. The van der Waals surface area contributed by atoms with Crippen LogP contribution in [0.5, 0.6) is 0 Å². The number of fused-ring (bicyclic) bond motifs is 1. The van der Waals surface area contributed by atoms with Crippen molar-refractivity contribution in [2.45, 2.75) is 36.3 Å². The van der Waals surface area contributed by atoms with Gasteiger partial charge in [-0.1, -0.05) is 35.1 Å². The topological polar surface area (TPSA) is 182 Å². The summed E-state index contributed by atoms with van der Waals surface area (Å²) in [6.45, 7) is -0.613. The number of ether oxygens (including phenoxy) is 1. The van der Waals surface area contributed by atoms with Crippen LogP contribution in [0.1, 0.15) is 5.69 Å². The van der Waals surface area contributed by atoms with Crippen LogP contribution in [0.4, 0.5) is 0 Å². The molecule has 5 unspecified atom stereocenters. The molecule has 29 heavy (non-hydrogen) atoms. The highest BCUT2D eigenvalue weighted by Crippen LogP contribution is 2.30. The number of rotatable bonds is 6. The number of hydrogen-bond donors (Lipinski definition) is 6. The molecule has 3 rings (SSSR count). The highest BCUT2D eigenvalue weighted by Gasteiger charge is 2.44. The number of thioether (sulfide) groups is 1. The molecule has 11 nitrogen and oxygen atoms in total. The molecule has 2 aromatic rings. The molecule has 0 spiro atoms. The first-order chi connectivity index (χ1) is 13.7. The number of benzene rings is 1.